The van der Waals surface area contributed by atoms with E-state index in [9.17, 15) is 18.5 Å². The molecule has 0 atom stereocenters. The van der Waals surface area contributed by atoms with Gasteiger partial charge >= 0.3 is 0 Å². The van der Waals surface area contributed by atoms with Crippen LogP contribution in [0.3, 0.4) is 0 Å². The van der Waals surface area contributed by atoms with Gasteiger partial charge in [0, 0.05) is 18.6 Å². The van der Waals surface area contributed by atoms with Crippen molar-refractivity contribution in [2.75, 3.05) is 4.72 Å². The summed E-state index contributed by atoms with van der Waals surface area (Å²) in [6.45, 7) is 1.98. The average Bonchev–Trinajstić information content (AvgIpc) is 2.86. The van der Waals surface area contributed by atoms with Gasteiger partial charge in [0.2, 0.25) is 5.13 Å². The summed E-state index contributed by atoms with van der Waals surface area (Å²) >= 11 is 1.14. The molecule has 1 aromatic carbocycles. The molecule has 2 rings (SSSR count). The summed E-state index contributed by atoms with van der Waals surface area (Å²) in [4.78, 5) is 9.84. The highest BCUT2D eigenvalue weighted by Crippen LogP contribution is 2.22. The van der Waals surface area contributed by atoms with Crippen molar-refractivity contribution in [2.24, 2.45) is 0 Å². The Balaban J connectivity index is 2.25. The van der Waals surface area contributed by atoms with Crippen LogP contribution in [0.15, 0.2) is 29.2 Å². The molecule has 0 saturated carbocycles. The number of rotatable bonds is 6. The van der Waals surface area contributed by atoms with Gasteiger partial charge in [-0.05, 0) is 12.5 Å². The van der Waals surface area contributed by atoms with Gasteiger partial charge in [0.25, 0.3) is 15.7 Å². The lowest BCUT2D eigenvalue weighted by Gasteiger charge is -2.04. The number of anilines is 1. The smallest absolute Gasteiger partial charge is 0.258 e. The molecule has 8 nitrogen and oxygen atoms in total. The maximum Gasteiger partial charge on any atom is 0.270 e. The van der Waals surface area contributed by atoms with Crippen LogP contribution >= 0.6 is 11.3 Å². The maximum absolute atomic E-state index is 12.1. The van der Waals surface area contributed by atoms with Gasteiger partial charge in [0.1, 0.15) is 5.01 Å². The van der Waals surface area contributed by atoms with Crippen molar-refractivity contribution in [1.82, 2.24) is 10.2 Å². The monoisotopic (exact) mass is 328 g/mol. The van der Waals surface area contributed by atoms with Crippen LogP contribution in [0.2, 0.25) is 0 Å². The minimum atomic E-state index is -3.92. The Bertz CT molecular complexity index is 757. The van der Waals surface area contributed by atoms with E-state index < -0.39 is 14.9 Å². The Morgan fingerprint density at radius 3 is 2.81 bits per heavy atom. The molecule has 0 fully saturated rings. The van der Waals surface area contributed by atoms with Crippen LogP contribution in [0, 0.1) is 10.1 Å². The summed E-state index contributed by atoms with van der Waals surface area (Å²) in [5.41, 5.74) is -0.290. The third-order valence-corrected chi connectivity index (χ3v) is 4.86. The molecule has 1 heterocycles. The molecule has 0 aliphatic carbocycles. The molecule has 21 heavy (non-hydrogen) atoms. The fraction of sp³-hybridized carbons (Fsp3) is 0.273. The number of benzene rings is 1. The zero-order valence-electron chi connectivity index (χ0n) is 11.0. The number of nitrogens with one attached hydrogen (secondary N) is 1. The number of hydrogen-bond donors (Lipinski definition) is 1. The van der Waals surface area contributed by atoms with Gasteiger partial charge in [-0.3, -0.25) is 14.8 Å². The number of hydrogen-bond acceptors (Lipinski definition) is 7. The molecular formula is C11H12N4O4S2. The van der Waals surface area contributed by atoms with Crippen LogP contribution in [0.25, 0.3) is 0 Å². The normalized spacial score (nSPS) is 11.3. The molecule has 0 aliphatic heterocycles. The molecule has 0 radical (unpaired) electrons. The van der Waals surface area contributed by atoms with E-state index in [-0.39, 0.29) is 15.7 Å². The summed E-state index contributed by atoms with van der Waals surface area (Å²) < 4.78 is 26.6. The van der Waals surface area contributed by atoms with Crippen LogP contribution < -0.4 is 4.72 Å². The highest BCUT2D eigenvalue weighted by atomic mass is 32.2. The van der Waals surface area contributed by atoms with Crippen molar-refractivity contribution in [2.45, 2.75) is 24.7 Å². The first-order valence-electron chi connectivity index (χ1n) is 6.02. The largest absolute Gasteiger partial charge is 0.270 e. The summed E-state index contributed by atoms with van der Waals surface area (Å²) in [5, 5.41) is 19.2. The third kappa shape index (κ3) is 3.73. The molecular weight excluding hydrogens is 316 g/mol. The predicted octanol–water partition coefficient (Wildman–Crippen LogP) is 2.20. The van der Waals surface area contributed by atoms with Crippen molar-refractivity contribution in [3.05, 3.63) is 39.4 Å². The van der Waals surface area contributed by atoms with E-state index in [2.05, 4.69) is 14.9 Å². The number of nitro groups is 1. The number of sulfonamides is 1. The summed E-state index contributed by atoms with van der Waals surface area (Å²) in [6.07, 6.45) is 1.60. The molecule has 0 spiro atoms. The maximum atomic E-state index is 12.1. The summed E-state index contributed by atoms with van der Waals surface area (Å²) in [6, 6.07) is 4.82. The molecule has 1 N–H and O–H groups in total. The van der Waals surface area contributed by atoms with Gasteiger partial charge < -0.3 is 0 Å². The van der Waals surface area contributed by atoms with E-state index in [1.54, 1.807) is 0 Å². The second kappa shape index (κ2) is 6.14. The molecule has 0 aliphatic rings. The number of nitro benzene ring substituents is 1. The first-order chi connectivity index (χ1) is 9.92. The number of aryl methyl sites for hydroxylation is 1. The SMILES string of the molecule is CCCc1nnc(NS(=O)(=O)c2cccc([N+](=O)[O-])c2)s1. The lowest BCUT2D eigenvalue weighted by atomic mass is 10.3. The van der Waals surface area contributed by atoms with Crippen molar-refractivity contribution in [3.8, 4) is 0 Å². The van der Waals surface area contributed by atoms with Crippen LogP contribution in [-0.2, 0) is 16.4 Å². The van der Waals surface area contributed by atoms with Crippen molar-refractivity contribution >= 4 is 32.2 Å². The summed E-state index contributed by atoms with van der Waals surface area (Å²) in [5.74, 6) is 0. The minimum Gasteiger partial charge on any atom is -0.258 e. The van der Waals surface area contributed by atoms with Gasteiger partial charge in [0.15, 0.2) is 0 Å². The molecule has 112 valence electrons. The Labute approximate surface area is 125 Å². The van der Waals surface area contributed by atoms with Crippen molar-refractivity contribution < 1.29 is 13.3 Å². The van der Waals surface area contributed by atoms with Crippen LogP contribution in [-0.4, -0.2) is 23.5 Å². The summed E-state index contributed by atoms with van der Waals surface area (Å²) in [7, 11) is -3.92. The third-order valence-electron chi connectivity index (χ3n) is 2.49. The molecule has 2 aromatic rings. The van der Waals surface area contributed by atoms with E-state index in [1.165, 1.54) is 18.2 Å². The zero-order valence-corrected chi connectivity index (χ0v) is 12.6. The van der Waals surface area contributed by atoms with Crippen LogP contribution in [0.1, 0.15) is 18.4 Å². The Morgan fingerprint density at radius 2 is 2.14 bits per heavy atom. The molecule has 0 amide bonds. The topological polar surface area (TPSA) is 115 Å². The lowest BCUT2D eigenvalue weighted by Crippen LogP contribution is -2.13. The fourth-order valence-electron chi connectivity index (χ4n) is 1.55. The van der Waals surface area contributed by atoms with Gasteiger partial charge in [-0.25, -0.2) is 8.42 Å². The average molecular weight is 328 g/mol. The van der Waals surface area contributed by atoms with Crippen molar-refractivity contribution in [3.63, 3.8) is 0 Å². The van der Waals surface area contributed by atoms with E-state index >= 15 is 0 Å². The molecule has 0 bridgehead atoms. The highest BCUT2D eigenvalue weighted by molar-refractivity contribution is 7.93. The predicted molar refractivity (Wildman–Crippen MR) is 77.8 cm³/mol. The van der Waals surface area contributed by atoms with E-state index in [0.717, 1.165) is 35.3 Å². The number of non-ortho nitro benzene ring substituents is 1. The highest BCUT2D eigenvalue weighted by Gasteiger charge is 2.19. The Kier molecular flexibility index (Phi) is 4.48. The van der Waals surface area contributed by atoms with Gasteiger partial charge in [-0.1, -0.05) is 24.3 Å². The minimum absolute atomic E-state index is 0.143. The molecule has 0 saturated heterocycles. The number of aromatic nitrogens is 2. The lowest BCUT2D eigenvalue weighted by molar-refractivity contribution is -0.385. The van der Waals surface area contributed by atoms with Crippen molar-refractivity contribution in [1.29, 1.82) is 0 Å². The Morgan fingerprint density at radius 1 is 1.38 bits per heavy atom. The van der Waals surface area contributed by atoms with Gasteiger partial charge in [-0.2, -0.15) is 0 Å². The Hall–Kier alpha value is -2.07. The quantitative estimate of drug-likeness (QED) is 0.642. The van der Waals surface area contributed by atoms with Crippen LogP contribution in [0.4, 0.5) is 10.8 Å². The first kappa shape index (κ1) is 15.3. The molecule has 1 aromatic heterocycles. The standard InChI is InChI=1S/C11H12N4O4S2/c1-2-4-10-12-13-11(20-10)14-21(18,19)9-6-3-5-8(7-9)15(16)17/h3,5-7H,2,4H2,1H3,(H,13,14). The second-order valence-corrected chi connectivity index (χ2v) is 6.86. The molecule has 10 heteroatoms. The second-order valence-electron chi connectivity index (χ2n) is 4.11. The van der Waals surface area contributed by atoms with E-state index in [0.29, 0.717) is 0 Å². The zero-order chi connectivity index (χ0) is 15.5. The van der Waals surface area contributed by atoms with Gasteiger partial charge in [-0.15, -0.1) is 10.2 Å². The molecule has 0 unspecified atom stereocenters. The van der Waals surface area contributed by atoms with Gasteiger partial charge in [0.05, 0.1) is 9.82 Å². The first-order valence-corrected chi connectivity index (χ1v) is 8.32. The van der Waals surface area contributed by atoms with E-state index in [4.69, 9.17) is 0 Å². The fourth-order valence-corrected chi connectivity index (χ4v) is 3.66. The number of nitrogens with zero attached hydrogens (tertiary/aromatic N) is 3. The van der Waals surface area contributed by atoms with E-state index in [1.807, 2.05) is 6.92 Å². The van der Waals surface area contributed by atoms with Crippen LogP contribution in [0.5, 0.6) is 0 Å².